The normalized spacial score (nSPS) is 9.42. The first kappa shape index (κ1) is 14.9. The van der Waals surface area contributed by atoms with E-state index in [-0.39, 0.29) is 15.7 Å². The second-order valence-corrected chi connectivity index (χ2v) is 3.92. The van der Waals surface area contributed by atoms with E-state index in [0.717, 1.165) is 18.3 Å². The molecular formula is C11H5BrF3N3O. The van der Waals surface area contributed by atoms with Gasteiger partial charge >= 0.3 is 6.61 Å². The fourth-order valence-electron chi connectivity index (χ4n) is 1.07. The predicted molar refractivity (Wildman–Crippen MR) is 63.7 cm³/mol. The zero-order valence-electron chi connectivity index (χ0n) is 9.12. The zero-order chi connectivity index (χ0) is 14.4. The number of benzene rings is 1. The third-order valence-electron chi connectivity index (χ3n) is 1.85. The molecule has 0 saturated carbocycles. The summed E-state index contributed by atoms with van der Waals surface area (Å²) in [6.45, 7) is -3.13. The number of ether oxygens (including phenoxy) is 1. The molecule has 0 atom stereocenters. The Kier molecular flexibility index (Phi) is 5.22. The van der Waals surface area contributed by atoms with E-state index in [9.17, 15) is 13.2 Å². The molecule has 0 aromatic heterocycles. The first-order valence-electron chi connectivity index (χ1n) is 4.68. The fourth-order valence-corrected chi connectivity index (χ4v) is 1.42. The highest BCUT2D eigenvalue weighted by Crippen LogP contribution is 2.32. The van der Waals surface area contributed by atoms with Gasteiger partial charge in [0.2, 0.25) is 0 Å². The summed E-state index contributed by atoms with van der Waals surface area (Å²) in [4.78, 5) is 0. The van der Waals surface area contributed by atoms with Crippen LogP contribution >= 0.6 is 15.9 Å². The molecule has 98 valence electrons. The summed E-state index contributed by atoms with van der Waals surface area (Å²) in [5, 5.41) is 19.5. The van der Waals surface area contributed by atoms with E-state index in [1.54, 1.807) is 12.1 Å². The van der Waals surface area contributed by atoms with Crippen LogP contribution in [0, 0.1) is 28.5 Å². The third kappa shape index (κ3) is 4.19. The monoisotopic (exact) mass is 331 g/mol. The molecule has 0 saturated heterocycles. The van der Waals surface area contributed by atoms with Gasteiger partial charge in [-0.15, -0.1) is 0 Å². The number of nitriles is 2. The number of anilines is 1. The van der Waals surface area contributed by atoms with Crippen molar-refractivity contribution in [3.63, 3.8) is 0 Å². The Morgan fingerprint density at radius 3 is 2.53 bits per heavy atom. The maximum absolute atomic E-state index is 13.2. The summed E-state index contributed by atoms with van der Waals surface area (Å²) >= 11 is 2.88. The topological polar surface area (TPSA) is 68.8 Å². The van der Waals surface area contributed by atoms with E-state index in [2.05, 4.69) is 26.0 Å². The van der Waals surface area contributed by atoms with Gasteiger partial charge in [0, 0.05) is 12.3 Å². The number of alkyl halides is 2. The van der Waals surface area contributed by atoms with Crippen molar-refractivity contribution in [3.05, 3.63) is 34.2 Å². The van der Waals surface area contributed by atoms with Crippen LogP contribution in [0.4, 0.5) is 18.9 Å². The molecule has 4 nitrogen and oxygen atoms in total. The average molecular weight is 332 g/mol. The summed E-state index contributed by atoms with van der Waals surface area (Å²) in [6.07, 6.45) is 0.998. The van der Waals surface area contributed by atoms with Crippen molar-refractivity contribution >= 4 is 21.6 Å². The molecule has 1 rings (SSSR count). The molecule has 0 fully saturated rings. The molecule has 0 heterocycles. The highest BCUT2D eigenvalue weighted by molar-refractivity contribution is 9.10. The Balaban J connectivity index is 3.12. The molecule has 0 amide bonds. The van der Waals surface area contributed by atoms with Crippen LogP contribution in [0.3, 0.4) is 0 Å². The van der Waals surface area contributed by atoms with Crippen LogP contribution in [0.2, 0.25) is 0 Å². The third-order valence-corrected chi connectivity index (χ3v) is 2.46. The van der Waals surface area contributed by atoms with Gasteiger partial charge in [-0.05, 0) is 22.0 Å². The van der Waals surface area contributed by atoms with E-state index in [1.807, 2.05) is 0 Å². The van der Waals surface area contributed by atoms with Gasteiger partial charge in [0.25, 0.3) is 0 Å². The quantitative estimate of drug-likeness (QED) is 0.857. The van der Waals surface area contributed by atoms with Gasteiger partial charge in [-0.2, -0.15) is 19.3 Å². The molecule has 1 aromatic rings. The largest absolute Gasteiger partial charge is 0.432 e. The lowest BCUT2D eigenvalue weighted by Crippen LogP contribution is -2.05. The van der Waals surface area contributed by atoms with Gasteiger partial charge in [0.05, 0.1) is 10.2 Å². The Morgan fingerprint density at radius 1 is 1.37 bits per heavy atom. The second kappa shape index (κ2) is 6.66. The summed E-state index contributed by atoms with van der Waals surface area (Å²) in [6, 6.07) is 5.05. The van der Waals surface area contributed by atoms with E-state index in [4.69, 9.17) is 10.5 Å². The molecule has 0 aliphatic carbocycles. The van der Waals surface area contributed by atoms with Crippen molar-refractivity contribution in [2.45, 2.75) is 6.61 Å². The lowest BCUT2D eigenvalue weighted by molar-refractivity contribution is -0.0495. The Labute approximate surface area is 114 Å². The van der Waals surface area contributed by atoms with Crippen LogP contribution in [-0.4, -0.2) is 6.61 Å². The van der Waals surface area contributed by atoms with Crippen molar-refractivity contribution in [2.75, 3.05) is 5.32 Å². The van der Waals surface area contributed by atoms with Gasteiger partial charge in [-0.1, -0.05) is 0 Å². The lowest BCUT2D eigenvalue weighted by Gasteiger charge is -2.11. The first-order chi connectivity index (χ1) is 8.97. The van der Waals surface area contributed by atoms with Crippen LogP contribution in [0.1, 0.15) is 0 Å². The van der Waals surface area contributed by atoms with Gasteiger partial charge in [0.15, 0.2) is 5.75 Å². The smallest absolute Gasteiger partial charge is 0.387 e. The molecule has 0 spiro atoms. The first-order valence-corrected chi connectivity index (χ1v) is 5.48. The number of allylic oxidation sites excluding steroid dienone is 1. The van der Waals surface area contributed by atoms with Crippen molar-refractivity contribution in [2.24, 2.45) is 0 Å². The summed E-state index contributed by atoms with van der Waals surface area (Å²) in [7, 11) is 0. The molecule has 0 aliphatic rings. The maximum Gasteiger partial charge on any atom is 0.387 e. The van der Waals surface area contributed by atoms with Crippen LogP contribution in [-0.2, 0) is 0 Å². The van der Waals surface area contributed by atoms with Gasteiger partial charge in [0.1, 0.15) is 23.5 Å². The maximum atomic E-state index is 13.2. The van der Waals surface area contributed by atoms with Gasteiger partial charge in [-0.25, -0.2) is 4.39 Å². The van der Waals surface area contributed by atoms with E-state index in [0.29, 0.717) is 0 Å². The average Bonchev–Trinajstić information content (AvgIpc) is 2.35. The minimum absolute atomic E-state index is 0.0143. The molecule has 19 heavy (non-hydrogen) atoms. The van der Waals surface area contributed by atoms with E-state index >= 15 is 0 Å². The van der Waals surface area contributed by atoms with Crippen molar-refractivity contribution in [1.29, 1.82) is 10.5 Å². The summed E-state index contributed by atoms with van der Waals surface area (Å²) in [5.74, 6) is -1.23. The van der Waals surface area contributed by atoms with Crippen molar-refractivity contribution < 1.29 is 17.9 Å². The number of halogens is 4. The molecule has 0 unspecified atom stereocenters. The van der Waals surface area contributed by atoms with Crippen LogP contribution in [0.25, 0.3) is 0 Å². The Hall–Kier alpha value is -2.19. The van der Waals surface area contributed by atoms with Crippen molar-refractivity contribution in [1.82, 2.24) is 0 Å². The highest BCUT2D eigenvalue weighted by atomic mass is 79.9. The Morgan fingerprint density at radius 2 is 2.00 bits per heavy atom. The SMILES string of the molecule is N#CC(C#N)=CNc1cc(Br)c(F)cc1OC(F)F. The van der Waals surface area contributed by atoms with Crippen molar-refractivity contribution in [3.8, 4) is 17.9 Å². The molecule has 0 bridgehead atoms. The molecular weight excluding hydrogens is 327 g/mol. The van der Waals surface area contributed by atoms with Crippen LogP contribution in [0.5, 0.6) is 5.75 Å². The van der Waals surface area contributed by atoms with Gasteiger partial charge < -0.3 is 10.1 Å². The molecule has 8 heteroatoms. The second-order valence-electron chi connectivity index (χ2n) is 3.07. The number of nitrogens with one attached hydrogen (secondary N) is 1. The summed E-state index contributed by atoms with van der Waals surface area (Å²) in [5.41, 5.74) is -0.292. The standard InChI is InChI=1S/C11H5BrF3N3O/c12-7-1-9(18-5-6(3-16)4-17)10(2-8(7)13)19-11(14)15/h1-2,5,11,18H. The number of hydrogen-bond donors (Lipinski definition) is 1. The van der Waals surface area contributed by atoms with E-state index in [1.165, 1.54) is 0 Å². The molecule has 1 aromatic carbocycles. The highest BCUT2D eigenvalue weighted by Gasteiger charge is 2.13. The number of hydrogen-bond acceptors (Lipinski definition) is 4. The lowest BCUT2D eigenvalue weighted by atomic mass is 10.2. The minimum atomic E-state index is -3.13. The van der Waals surface area contributed by atoms with Crippen LogP contribution < -0.4 is 10.1 Å². The zero-order valence-corrected chi connectivity index (χ0v) is 10.7. The summed E-state index contributed by atoms with van der Waals surface area (Å²) < 4.78 is 41.7. The minimum Gasteiger partial charge on any atom is -0.432 e. The van der Waals surface area contributed by atoms with Crippen LogP contribution in [0.15, 0.2) is 28.4 Å². The fraction of sp³-hybridized carbons (Fsp3) is 0.0909. The Bertz CT molecular complexity index is 574. The molecule has 1 N–H and O–H groups in total. The number of nitrogens with zero attached hydrogens (tertiary/aromatic N) is 2. The van der Waals surface area contributed by atoms with Gasteiger partial charge in [-0.3, -0.25) is 0 Å². The molecule has 0 radical (unpaired) electrons. The molecule has 0 aliphatic heterocycles. The predicted octanol–water partition coefficient (Wildman–Crippen LogP) is 3.53. The van der Waals surface area contributed by atoms with E-state index < -0.39 is 18.2 Å². The number of rotatable bonds is 4.